The van der Waals surface area contributed by atoms with Crippen LogP contribution in [0.5, 0.6) is 0 Å². The van der Waals surface area contributed by atoms with E-state index in [-0.39, 0.29) is 17.2 Å². The van der Waals surface area contributed by atoms with E-state index in [1.54, 1.807) is 7.11 Å². The zero-order valence-corrected chi connectivity index (χ0v) is 11.6. The van der Waals surface area contributed by atoms with Crippen molar-refractivity contribution in [3.8, 4) is 0 Å². The maximum Gasteiger partial charge on any atom is 0.0640 e. The molecule has 0 heterocycles. The summed E-state index contributed by atoms with van der Waals surface area (Å²) in [7, 11) is 1.73. The molecule has 0 saturated carbocycles. The van der Waals surface area contributed by atoms with E-state index in [9.17, 15) is 0 Å². The number of nitrogens with one attached hydrogen (secondary N) is 1. The molecule has 0 aliphatic carbocycles. The van der Waals surface area contributed by atoms with Crippen LogP contribution in [0.1, 0.15) is 47.5 Å². The van der Waals surface area contributed by atoms with Gasteiger partial charge in [-0.1, -0.05) is 0 Å². The average molecular weight is 232 g/mol. The van der Waals surface area contributed by atoms with Gasteiger partial charge >= 0.3 is 0 Å². The van der Waals surface area contributed by atoms with Crippen LogP contribution < -0.4 is 11.3 Å². The Labute approximate surface area is 99.8 Å². The third kappa shape index (κ3) is 8.05. The lowest BCUT2D eigenvalue weighted by Crippen LogP contribution is -2.42. The highest BCUT2D eigenvalue weighted by molar-refractivity contribution is 4.74. The first-order valence-corrected chi connectivity index (χ1v) is 5.85. The molecule has 1 atom stereocenters. The van der Waals surface area contributed by atoms with Crippen molar-refractivity contribution >= 4 is 0 Å². The number of ether oxygens (including phenoxy) is 2. The molecule has 0 spiro atoms. The van der Waals surface area contributed by atoms with Gasteiger partial charge in [0.25, 0.3) is 0 Å². The van der Waals surface area contributed by atoms with Crippen LogP contribution in [0.4, 0.5) is 0 Å². The predicted octanol–water partition coefficient (Wildman–Crippen LogP) is 1.84. The minimum Gasteiger partial charge on any atom is -0.379 e. The summed E-state index contributed by atoms with van der Waals surface area (Å²) in [4.78, 5) is 0. The monoisotopic (exact) mass is 232 g/mol. The molecule has 0 aromatic carbocycles. The molecule has 16 heavy (non-hydrogen) atoms. The Hall–Kier alpha value is -0.160. The highest BCUT2D eigenvalue weighted by Crippen LogP contribution is 2.17. The lowest BCUT2D eigenvalue weighted by molar-refractivity contribution is -0.0237. The van der Waals surface area contributed by atoms with Crippen molar-refractivity contribution in [1.82, 2.24) is 5.43 Å². The Kier molecular flexibility index (Phi) is 6.48. The first-order chi connectivity index (χ1) is 7.20. The van der Waals surface area contributed by atoms with Gasteiger partial charge in [0.1, 0.15) is 0 Å². The van der Waals surface area contributed by atoms with E-state index in [2.05, 4.69) is 19.3 Å². The fourth-order valence-corrected chi connectivity index (χ4v) is 1.19. The second kappa shape index (κ2) is 6.55. The maximum absolute atomic E-state index is 5.70. The maximum atomic E-state index is 5.70. The molecule has 4 nitrogen and oxygen atoms in total. The van der Waals surface area contributed by atoms with Gasteiger partial charge in [0.05, 0.1) is 17.8 Å². The zero-order chi connectivity index (χ0) is 12.8. The Bertz CT molecular complexity index is 188. The van der Waals surface area contributed by atoms with Crippen molar-refractivity contribution < 1.29 is 9.47 Å². The summed E-state index contributed by atoms with van der Waals surface area (Å²) in [6.07, 6.45) is 1.89. The Morgan fingerprint density at radius 3 is 2.12 bits per heavy atom. The zero-order valence-electron chi connectivity index (χ0n) is 11.6. The summed E-state index contributed by atoms with van der Waals surface area (Å²) in [5.74, 6) is 5.50. The quantitative estimate of drug-likeness (QED) is 0.519. The third-order valence-corrected chi connectivity index (χ3v) is 2.60. The third-order valence-electron chi connectivity index (χ3n) is 2.60. The number of hydrogen-bond donors (Lipinski definition) is 2. The van der Waals surface area contributed by atoms with Crippen LogP contribution in [0, 0.1) is 0 Å². The molecule has 98 valence electrons. The number of hydrazine groups is 1. The van der Waals surface area contributed by atoms with Crippen LogP contribution in [-0.2, 0) is 9.47 Å². The molecule has 3 N–H and O–H groups in total. The lowest BCUT2D eigenvalue weighted by atomic mass is 9.99. The molecule has 0 aromatic heterocycles. The molecule has 0 aliphatic rings. The molecule has 0 saturated heterocycles. The molecular weight excluding hydrogens is 204 g/mol. The smallest absolute Gasteiger partial charge is 0.0640 e. The van der Waals surface area contributed by atoms with Crippen molar-refractivity contribution in [1.29, 1.82) is 0 Å². The van der Waals surface area contributed by atoms with Crippen molar-refractivity contribution in [2.45, 2.75) is 64.7 Å². The lowest BCUT2D eigenvalue weighted by Gasteiger charge is -2.27. The number of nitrogens with two attached hydrogens (primary N) is 1. The van der Waals surface area contributed by atoms with Crippen LogP contribution in [0.3, 0.4) is 0 Å². The van der Waals surface area contributed by atoms with Gasteiger partial charge in [-0.15, -0.1) is 0 Å². The summed E-state index contributed by atoms with van der Waals surface area (Å²) in [5, 5.41) is 0. The topological polar surface area (TPSA) is 56.5 Å². The second-order valence-electron chi connectivity index (χ2n) is 5.79. The molecule has 0 aromatic rings. The molecular formula is C12H28N2O2. The van der Waals surface area contributed by atoms with E-state index in [1.807, 2.05) is 20.8 Å². The Balaban J connectivity index is 3.93. The largest absolute Gasteiger partial charge is 0.379 e. The predicted molar refractivity (Wildman–Crippen MR) is 67.1 cm³/mol. The van der Waals surface area contributed by atoms with Gasteiger partial charge in [0.2, 0.25) is 0 Å². The fraction of sp³-hybridized carbons (Fsp3) is 1.00. The van der Waals surface area contributed by atoms with E-state index in [0.717, 1.165) is 12.8 Å². The first kappa shape index (κ1) is 15.8. The summed E-state index contributed by atoms with van der Waals surface area (Å²) in [6.45, 7) is 10.9. The summed E-state index contributed by atoms with van der Waals surface area (Å²) >= 11 is 0. The van der Waals surface area contributed by atoms with Crippen LogP contribution in [-0.4, -0.2) is 31.0 Å². The minimum atomic E-state index is -0.119. The molecule has 4 heteroatoms. The molecule has 0 rings (SSSR count). The van der Waals surface area contributed by atoms with Gasteiger partial charge < -0.3 is 9.47 Å². The van der Waals surface area contributed by atoms with Gasteiger partial charge in [-0.05, 0) is 47.5 Å². The normalized spacial score (nSPS) is 15.2. The summed E-state index contributed by atoms with van der Waals surface area (Å²) in [6, 6.07) is 0.175. The van der Waals surface area contributed by atoms with Gasteiger partial charge in [-0.3, -0.25) is 11.3 Å². The molecule has 1 unspecified atom stereocenters. The standard InChI is InChI=1S/C12H28N2O2/c1-11(2,3)16-9-10(14-13)7-8-12(4,5)15-6/h10,14H,7-9,13H2,1-6H3. The molecule has 0 radical (unpaired) electrons. The molecule has 0 bridgehead atoms. The van der Waals surface area contributed by atoms with E-state index >= 15 is 0 Å². The van der Waals surface area contributed by atoms with E-state index in [1.165, 1.54) is 0 Å². The number of rotatable bonds is 7. The van der Waals surface area contributed by atoms with E-state index in [0.29, 0.717) is 6.61 Å². The highest BCUT2D eigenvalue weighted by atomic mass is 16.5. The summed E-state index contributed by atoms with van der Waals surface area (Å²) < 4.78 is 11.1. The van der Waals surface area contributed by atoms with Gasteiger partial charge in [-0.2, -0.15) is 0 Å². The van der Waals surface area contributed by atoms with Crippen LogP contribution in [0.25, 0.3) is 0 Å². The Morgan fingerprint density at radius 1 is 1.19 bits per heavy atom. The van der Waals surface area contributed by atoms with Crippen molar-refractivity contribution in [3.05, 3.63) is 0 Å². The minimum absolute atomic E-state index is 0.100. The van der Waals surface area contributed by atoms with Crippen molar-refractivity contribution in [2.75, 3.05) is 13.7 Å². The number of hydrogen-bond acceptors (Lipinski definition) is 4. The second-order valence-corrected chi connectivity index (χ2v) is 5.79. The summed E-state index contributed by atoms with van der Waals surface area (Å²) in [5.41, 5.74) is 2.57. The highest BCUT2D eigenvalue weighted by Gasteiger charge is 2.20. The molecule has 0 aliphatic heterocycles. The average Bonchev–Trinajstić information content (AvgIpc) is 2.16. The first-order valence-electron chi connectivity index (χ1n) is 5.85. The van der Waals surface area contributed by atoms with Crippen LogP contribution >= 0.6 is 0 Å². The van der Waals surface area contributed by atoms with Crippen molar-refractivity contribution in [2.24, 2.45) is 5.84 Å². The Morgan fingerprint density at radius 2 is 1.75 bits per heavy atom. The van der Waals surface area contributed by atoms with Crippen LogP contribution in [0.2, 0.25) is 0 Å². The van der Waals surface area contributed by atoms with E-state index in [4.69, 9.17) is 15.3 Å². The number of methoxy groups -OCH3 is 1. The van der Waals surface area contributed by atoms with Gasteiger partial charge in [0, 0.05) is 13.2 Å². The SMILES string of the molecule is COC(C)(C)CCC(COC(C)(C)C)NN. The van der Waals surface area contributed by atoms with Crippen molar-refractivity contribution in [3.63, 3.8) is 0 Å². The van der Waals surface area contributed by atoms with E-state index < -0.39 is 0 Å². The van der Waals surface area contributed by atoms with Crippen LogP contribution in [0.15, 0.2) is 0 Å². The fourth-order valence-electron chi connectivity index (χ4n) is 1.19. The molecule has 0 fully saturated rings. The van der Waals surface area contributed by atoms with Gasteiger partial charge in [-0.25, -0.2) is 0 Å². The van der Waals surface area contributed by atoms with Gasteiger partial charge in [0.15, 0.2) is 0 Å². The molecule has 0 amide bonds.